The molecule has 2 aromatic rings. The lowest BCUT2D eigenvalue weighted by Gasteiger charge is -2.17. The molecule has 0 aliphatic rings. The van der Waals surface area contributed by atoms with E-state index >= 15 is 0 Å². The van der Waals surface area contributed by atoms with Crippen LogP contribution in [0.5, 0.6) is 6.01 Å². The molecule has 0 spiro atoms. The lowest BCUT2D eigenvalue weighted by molar-refractivity contribution is 0.312. The third kappa shape index (κ3) is 3.34. The Labute approximate surface area is 117 Å². The van der Waals surface area contributed by atoms with Crippen molar-refractivity contribution >= 4 is 11.9 Å². The van der Waals surface area contributed by atoms with Crippen LogP contribution in [0.1, 0.15) is 12.5 Å². The summed E-state index contributed by atoms with van der Waals surface area (Å²) in [4.78, 5) is 14.7. The normalized spacial score (nSPS) is 10.4. The van der Waals surface area contributed by atoms with Crippen LogP contribution in [0.4, 0.5) is 11.9 Å². The Balaban J connectivity index is 2.19. The molecule has 0 bridgehead atoms. The smallest absolute Gasteiger partial charge is 0.323 e. The zero-order valence-corrected chi connectivity index (χ0v) is 12.2. The Morgan fingerprint density at radius 1 is 1.35 bits per heavy atom. The molecule has 0 aromatic carbocycles. The minimum atomic E-state index is 0.319. The summed E-state index contributed by atoms with van der Waals surface area (Å²) in [5.41, 5.74) is 1.08. The predicted octanol–water partition coefficient (Wildman–Crippen LogP) is 0.682. The lowest BCUT2D eigenvalue weighted by Crippen LogP contribution is -2.20. The molecule has 0 fully saturated rings. The van der Waals surface area contributed by atoms with Gasteiger partial charge in [0.05, 0.1) is 12.8 Å². The van der Waals surface area contributed by atoms with Gasteiger partial charge in [-0.15, -0.1) is 0 Å². The van der Waals surface area contributed by atoms with E-state index in [0.29, 0.717) is 31.1 Å². The van der Waals surface area contributed by atoms with Gasteiger partial charge < -0.3 is 15.0 Å². The van der Waals surface area contributed by atoms with Gasteiger partial charge in [-0.3, -0.25) is 4.68 Å². The van der Waals surface area contributed by atoms with Crippen LogP contribution >= 0.6 is 0 Å². The summed E-state index contributed by atoms with van der Waals surface area (Å²) in [6.07, 6.45) is 3.78. The summed E-state index contributed by atoms with van der Waals surface area (Å²) in [6, 6.07) is 0.319. The van der Waals surface area contributed by atoms with Crippen LogP contribution in [0.15, 0.2) is 12.4 Å². The maximum absolute atomic E-state index is 5.35. The van der Waals surface area contributed by atoms with Gasteiger partial charge in [0.15, 0.2) is 0 Å². The molecule has 20 heavy (non-hydrogen) atoms. The van der Waals surface area contributed by atoms with Crippen molar-refractivity contribution in [3.05, 3.63) is 18.0 Å². The zero-order chi connectivity index (χ0) is 14.5. The second-order valence-corrected chi connectivity index (χ2v) is 4.30. The first-order chi connectivity index (χ1) is 9.62. The third-order valence-corrected chi connectivity index (χ3v) is 2.62. The van der Waals surface area contributed by atoms with E-state index in [4.69, 9.17) is 4.74 Å². The van der Waals surface area contributed by atoms with Gasteiger partial charge in [-0.25, -0.2) is 0 Å². The first-order valence-electron chi connectivity index (χ1n) is 6.37. The maximum atomic E-state index is 5.35. The number of hydrogen-bond acceptors (Lipinski definition) is 7. The molecule has 8 heteroatoms. The van der Waals surface area contributed by atoms with Gasteiger partial charge in [0.1, 0.15) is 0 Å². The van der Waals surface area contributed by atoms with Crippen LogP contribution in [0, 0.1) is 0 Å². The molecule has 0 aliphatic carbocycles. The molecule has 0 saturated carbocycles. The molecule has 108 valence electrons. The van der Waals surface area contributed by atoms with Crippen LogP contribution in [0.25, 0.3) is 0 Å². The SMILES string of the molecule is CCOc1nc(NC)nc(N(C)Cc2cnn(C)c2)n1. The Hall–Kier alpha value is -2.38. The highest BCUT2D eigenvalue weighted by Crippen LogP contribution is 2.15. The highest BCUT2D eigenvalue weighted by Gasteiger charge is 2.11. The molecule has 0 saturated heterocycles. The van der Waals surface area contributed by atoms with Crippen molar-refractivity contribution in [2.24, 2.45) is 7.05 Å². The number of hydrogen-bond donors (Lipinski definition) is 1. The van der Waals surface area contributed by atoms with E-state index < -0.39 is 0 Å². The highest BCUT2D eigenvalue weighted by atomic mass is 16.5. The Morgan fingerprint density at radius 3 is 2.75 bits per heavy atom. The molecule has 0 radical (unpaired) electrons. The van der Waals surface area contributed by atoms with Gasteiger partial charge in [0.25, 0.3) is 0 Å². The summed E-state index contributed by atoms with van der Waals surface area (Å²) in [6.45, 7) is 3.06. The van der Waals surface area contributed by atoms with Crippen molar-refractivity contribution < 1.29 is 4.74 Å². The Kier molecular flexibility index (Phi) is 4.34. The van der Waals surface area contributed by atoms with Gasteiger partial charge >= 0.3 is 6.01 Å². The van der Waals surface area contributed by atoms with E-state index in [1.165, 1.54) is 0 Å². The largest absolute Gasteiger partial charge is 0.464 e. The quantitative estimate of drug-likeness (QED) is 0.831. The highest BCUT2D eigenvalue weighted by molar-refractivity contribution is 5.37. The van der Waals surface area contributed by atoms with Crippen LogP contribution in [0.3, 0.4) is 0 Å². The van der Waals surface area contributed by atoms with Crippen LogP contribution in [-0.4, -0.2) is 45.4 Å². The molecule has 1 N–H and O–H groups in total. The Morgan fingerprint density at radius 2 is 2.15 bits per heavy atom. The van der Waals surface area contributed by atoms with Crippen molar-refractivity contribution in [3.63, 3.8) is 0 Å². The molecule has 0 amide bonds. The monoisotopic (exact) mass is 277 g/mol. The number of nitrogens with zero attached hydrogens (tertiary/aromatic N) is 6. The van der Waals surface area contributed by atoms with Crippen LogP contribution < -0.4 is 15.0 Å². The van der Waals surface area contributed by atoms with E-state index in [9.17, 15) is 0 Å². The zero-order valence-electron chi connectivity index (χ0n) is 12.2. The minimum absolute atomic E-state index is 0.319. The van der Waals surface area contributed by atoms with Crippen LogP contribution in [-0.2, 0) is 13.6 Å². The number of nitrogens with one attached hydrogen (secondary N) is 1. The van der Waals surface area contributed by atoms with Gasteiger partial charge in [-0.2, -0.15) is 20.1 Å². The molecule has 2 aromatic heterocycles. The van der Waals surface area contributed by atoms with Crippen molar-refractivity contribution in [2.45, 2.75) is 13.5 Å². The summed E-state index contributed by atoms with van der Waals surface area (Å²) in [5, 5.41) is 7.05. The van der Waals surface area contributed by atoms with E-state index in [1.807, 2.05) is 38.3 Å². The maximum Gasteiger partial charge on any atom is 0.323 e. The molecular weight excluding hydrogens is 258 g/mol. The molecule has 0 aliphatic heterocycles. The van der Waals surface area contributed by atoms with Gasteiger partial charge in [0.2, 0.25) is 11.9 Å². The predicted molar refractivity (Wildman–Crippen MR) is 75.9 cm³/mol. The molecule has 2 heterocycles. The fourth-order valence-electron chi connectivity index (χ4n) is 1.72. The summed E-state index contributed by atoms with van der Waals surface area (Å²) in [7, 11) is 5.56. The molecule has 8 nitrogen and oxygen atoms in total. The average molecular weight is 277 g/mol. The van der Waals surface area contributed by atoms with Crippen molar-refractivity contribution in [1.29, 1.82) is 0 Å². The summed E-state index contributed by atoms with van der Waals surface area (Å²) < 4.78 is 7.11. The van der Waals surface area contributed by atoms with Gasteiger partial charge in [-0.05, 0) is 6.92 Å². The number of rotatable bonds is 6. The van der Waals surface area contributed by atoms with Crippen molar-refractivity contribution in [2.75, 3.05) is 30.9 Å². The number of aromatic nitrogens is 5. The van der Waals surface area contributed by atoms with E-state index in [0.717, 1.165) is 5.56 Å². The fraction of sp³-hybridized carbons (Fsp3) is 0.500. The minimum Gasteiger partial charge on any atom is -0.464 e. The fourth-order valence-corrected chi connectivity index (χ4v) is 1.72. The second-order valence-electron chi connectivity index (χ2n) is 4.30. The van der Waals surface area contributed by atoms with E-state index in [2.05, 4.69) is 25.4 Å². The molecular formula is C12H19N7O. The lowest BCUT2D eigenvalue weighted by atomic mass is 10.3. The molecule has 0 atom stereocenters. The van der Waals surface area contributed by atoms with Crippen molar-refractivity contribution in [3.8, 4) is 6.01 Å². The summed E-state index contributed by atoms with van der Waals surface area (Å²) in [5.74, 6) is 1.04. The van der Waals surface area contributed by atoms with Crippen molar-refractivity contribution in [1.82, 2.24) is 24.7 Å². The van der Waals surface area contributed by atoms with Gasteiger partial charge in [0, 0.05) is 39.4 Å². The summed E-state index contributed by atoms with van der Waals surface area (Å²) >= 11 is 0. The Bertz CT molecular complexity index is 569. The van der Waals surface area contributed by atoms with Gasteiger partial charge in [-0.1, -0.05) is 0 Å². The van der Waals surface area contributed by atoms with Crippen LogP contribution in [0.2, 0.25) is 0 Å². The van der Waals surface area contributed by atoms with E-state index in [1.54, 1.807) is 11.7 Å². The third-order valence-electron chi connectivity index (χ3n) is 2.62. The first kappa shape index (κ1) is 14.0. The molecule has 0 unspecified atom stereocenters. The van der Waals surface area contributed by atoms with E-state index in [-0.39, 0.29) is 0 Å². The standard InChI is InChI=1S/C12H19N7O/c1-5-20-12-16-10(13-2)15-11(17-12)18(3)7-9-6-14-19(4)8-9/h6,8H,5,7H2,1-4H3,(H,13,15,16,17). The first-order valence-corrected chi connectivity index (χ1v) is 6.37. The topological polar surface area (TPSA) is 81.0 Å². The number of ether oxygens (including phenoxy) is 1. The number of anilines is 2. The molecule has 2 rings (SSSR count). The average Bonchev–Trinajstić information content (AvgIpc) is 2.84. The number of aryl methyl sites for hydroxylation is 1. The second kappa shape index (κ2) is 6.18.